The SMILES string of the molecule is COc1c(O)cccc1/C=C(\C#N)C(=O)c1ccc(C(C)(C)C)cc1. The topological polar surface area (TPSA) is 70.3 Å². The number of nitriles is 1. The summed E-state index contributed by atoms with van der Waals surface area (Å²) in [6, 6.07) is 14.0. The number of allylic oxidation sites excluding steroid dienone is 1. The van der Waals surface area contributed by atoms with E-state index in [1.807, 2.05) is 18.2 Å². The number of hydrogen-bond acceptors (Lipinski definition) is 4. The number of aromatic hydroxyl groups is 1. The van der Waals surface area contributed by atoms with E-state index >= 15 is 0 Å². The van der Waals surface area contributed by atoms with Crippen molar-refractivity contribution in [3.05, 3.63) is 64.7 Å². The molecule has 0 spiro atoms. The Hall–Kier alpha value is -3.06. The van der Waals surface area contributed by atoms with Gasteiger partial charge in [0.2, 0.25) is 5.78 Å². The van der Waals surface area contributed by atoms with Crippen molar-refractivity contribution in [2.45, 2.75) is 26.2 Å². The van der Waals surface area contributed by atoms with Crippen LogP contribution in [0.4, 0.5) is 0 Å². The van der Waals surface area contributed by atoms with Crippen LogP contribution >= 0.6 is 0 Å². The van der Waals surface area contributed by atoms with Crippen LogP contribution < -0.4 is 4.74 Å². The number of nitrogens with zero attached hydrogens (tertiary/aromatic N) is 1. The van der Waals surface area contributed by atoms with Crippen LogP contribution in [0.2, 0.25) is 0 Å². The van der Waals surface area contributed by atoms with Crippen LogP contribution in [0.5, 0.6) is 11.5 Å². The number of hydrogen-bond donors (Lipinski definition) is 1. The molecule has 1 N–H and O–H groups in total. The zero-order chi connectivity index (χ0) is 18.6. The van der Waals surface area contributed by atoms with Gasteiger partial charge in [-0.1, -0.05) is 57.2 Å². The highest BCUT2D eigenvalue weighted by Gasteiger charge is 2.17. The molecule has 0 atom stereocenters. The van der Waals surface area contributed by atoms with Gasteiger partial charge in [-0.25, -0.2) is 0 Å². The van der Waals surface area contributed by atoms with Crippen molar-refractivity contribution in [3.8, 4) is 17.6 Å². The molecular weight excluding hydrogens is 314 g/mol. The lowest BCUT2D eigenvalue weighted by atomic mass is 9.86. The summed E-state index contributed by atoms with van der Waals surface area (Å²) in [5.74, 6) is -0.185. The van der Waals surface area contributed by atoms with Crippen molar-refractivity contribution in [2.24, 2.45) is 0 Å². The fourth-order valence-electron chi connectivity index (χ4n) is 2.46. The lowest BCUT2D eigenvalue weighted by Gasteiger charge is -2.18. The third kappa shape index (κ3) is 4.07. The Bertz CT molecular complexity index is 850. The van der Waals surface area contributed by atoms with E-state index in [-0.39, 0.29) is 28.3 Å². The van der Waals surface area contributed by atoms with Gasteiger partial charge >= 0.3 is 0 Å². The molecule has 0 saturated heterocycles. The van der Waals surface area contributed by atoms with Gasteiger partial charge < -0.3 is 9.84 Å². The molecule has 2 rings (SSSR count). The first-order valence-corrected chi connectivity index (χ1v) is 7.91. The van der Waals surface area contributed by atoms with Crippen molar-refractivity contribution in [2.75, 3.05) is 7.11 Å². The van der Waals surface area contributed by atoms with Crippen molar-refractivity contribution in [3.63, 3.8) is 0 Å². The lowest BCUT2D eigenvalue weighted by Crippen LogP contribution is -2.11. The summed E-state index contributed by atoms with van der Waals surface area (Å²) in [6.07, 6.45) is 1.43. The monoisotopic (exact) mass is 335 g/mol. The van der Waals surface area contributed by atoms with Gasteiger partial charge in [-0.2, -0.15) is 5.26 Å². The molecule has 0 heterocycles. The molecule has 2 aromatic rings. The maximum atomic E-state index is 12.6. The number of carbonyl (C=O) groups is 1. The highest BCUT2D eigenvalue weighted by atomic mass is 16.5. The Morgan fingerprint density at radius 1 is 1.16 bits per heavy atom. The van der Waals surface area contributed by atoms with E-state index in [9.17, 15) is 15.2 Å². The second kappa shape index (κ2) is 7.23. The van der Waals surface area contributed by atoms with Crippen molar-refractivity contribution in [1.82, 2.24) is 0 Å². The molecule has 0 amide bonds. The smallest absolute Gasteiger partial charge is 0.203 e. The Morgan fingerprint density at radius 2 is 1.80 bits per heavy atom. The van der Waals surface area contributed by atoms with Gasteiger partial charge in [0, 0.05) is 11.1 Å². The van der Waals surface area contributed by atoms with Gasteiger partial charge in [0.15, 0.2) is 11.5 Å². The molecule has 25 heavy (non-hydrogen) atoms. The predicted octanol–water partition coefficient (Wildman–Crippen LogP) is 4.49. The minimum absolute atomic E-state index is 0.00952. The molecule has 4 nitrogen and oxygen atoms in total. The largest absolute Gasteiger partial charge is 0.504 e. The number of para-hydroxylation sites is 1. The summed E-state index contributed by atoms with van der Waals surface area (Å²) in [5.41, 5.74) is 2.00. The van der Waals surface area contributed by atoms with Crippen molar-refractivity contribution in [1.29, 1.82) is 5.26 Å². The highest BCUT2D eigenvalue weighted by molar-refractivity contribution is 6.14. The number of methoxy groups -OCH3 is 1. The van der Waals surface area contributed by atoms with Gasteiger partial charge in [0.25, 0.3) is 0 Å². The average Bonchev–Trinajstić information content (AvgIpc) is 2.58. The highest BCUT2D eigenvalue weighted by Crippen LogP contribution is 2.31. The molecule has 0 saturated carbocycles. The van der Waals surface area contributed by atoms with E-state index in [1.165, 1.54) is 19.3 Å². The minimum atomic E-state index is -0.367. The summed E-state index contributed by atoms with van der Waals surface area (Å²) in [6.45, 7) is 6.29. The van der Waals surface area contributed by atoms with E-state index in [4.69, 9.17) is 4.74 Å². The summed E-state index contributed by atoms with van der Waals surface area (Å²) in [4.78, 5) is 12.6. The number of ether oxygens (including phenoxy) is 1. The maximum Gasteiger partial charge on any atom is 0.203 e. The van der Waals surface area contributed by atoms with Gasteiger partial charge in [0.1, 0.15) is 11.6 Å². The van der Waals surface area contributed by atoms with Crippen molar-refractivity contribution < 1.29 is 14.6 Å². The third-order valence-electron chi connectivity index (χ3n) is 3.91. The summed E-state index contributed by atoms with van der Waals surface area (Å²) < 4.78 is 5.14. The molecule has 0 radical (unpaired) electrons. The van der Waals surface area contributed by atoms with Gasteiger partial charge in [-0.05, 0) is 23.1 Å². The fraction of sp³-hybridized carbons (Fsp3) is 0.238. The molecule has 4 heteroatoms. The molecule has 0 fully saturated rings. The first-order chi connectivity index (χ1) is 11.8. The number of carbonyl (C=O) groups excluding carboxylic acids is 1. The molecule has 0 aliphatic carbocycles. The zero-order valence-corrected chi connectivity index (χ0v) is 14.8. The molecular formula is C21H21NO3. The first kappa shape index (κ1) is 18.3. The van der Waals surface area contributed by atoms with E-state index < -0.39 is 0 Å². The van der Waals surface area contributed by atoms with Crippen LogP contribution in [-0.2, 0) is 5.41 Å². The summed E-state index contributed by atoms with van der Waals surface area (Å²) in [7, 11) is 1.42. The fourth-order valence-corrected chi connectivity index (χ4v) is 2.46. The maximum absolute atomic E-state index is 12.6. The minimum Gasteiger partial charge on any atom is -0.504 e. The molecule has 0 unspecified atom stereocenters. The molecule has 0 aromatic heterocycles. The number of ketones is 1. The molecule has 0 aliphatic heterocycles. The van der Waals surface area contributed by atoms with Gasteiger partial charge in [0.05, 0.1) is 7.11 Å². The van der Waals surface area contributed by atoms with Crippen molar-refractivity contribution >= 4 is 11.9 Å². The Labute approximate surface area is 148 Å². The lowest BCUT2D eigenvalue weighted by molar-refractivity contribution is 0.104. The van der Waals surface area contributed by atoms with Crippen LogP contribution in [-0.4, -0.2) is 18.0 Å². The number of phenolic OH excluding ortho intramolecular Hbond substituents is 1. The normalized spacial score (nSPS) is 11.7. The van der Waals surface area contributed by atoms with E-state index in [1.54, 1.807) is 24.3 Å². The zero-order valence-electron chi connectivity index (χ0n) is 14.8. The third-order valence-corrected chi connectivity index (χ3v) is 3.91. The number of rotatable bonds is 4. The van der Waals surface area contributed by atoms with Crippen LogP contribution in [0.15, 0.2) is 48.0 Å². The molecule has 0 bridgehead atoms. The second-order valence-corrected chi connectivity index (χ2v) is 6.73. The number of phenols is 1. The number of benzene rings is 2. The first-order valence-electron chi connectivity index (χ1n) is 7.91. The Kier molecular flexibility index (Phi) is 5.29. The van der Waals surface area contributed by atoms with E-state index in [2.05, 4.69) is 20.8 Å². The van der Waals surface area contributed by atoms with Crippen LogP contribution in [0.3, 0.4) is 0 Å². The quantitative estimate of drug-likeness (QED) is 0.508. The molecule has 2 aromatic carbocycles. The van der Waals surface area contributed by atoms with Crippen LogP contribution in [0.1, 0.15) is 42.3 Å². The Morgan fingerprint density at radius 3 is 2.32 bits per heavy atom. The van der Waals surface area contributed by atoms with Gasteiger partial charge in [-0.15, -0.1) is 0 Å². The summed E-state index contributed by atoms with van der Waals surface area (Å²) >= 11 is 0. The number of Topliss-reactive ketones (excluding diaryl/α,β-unsaturated/α-hetero) is 1. The van der Waals surface area contributed by atoms with Gasteiger partial charge in [-0.3, -0.25) is 4.79 Å². The summed E-state index contributed by atoms with van der Waals surface area (Å²) in [5, 5.41) is 19.2. The molecule has 0 aliphatic rings. The van der Waals surface area contributed by atoms with E-state index in [0.717, 1.165) is 5.56 Å². The Balaban J connectivity index is 2.40. The molecule has 128 valence electrons. The predicted molar refractivity (Wildman–Crippen MR) is 97.7 cm³/mol. The van der Waals surface area contributed by atoms with E-state index in [0.29, 0.717) is 11.1 Å². The van der Waals surface area contributed by atoms with Crippen LogP contribution in [0, 0.1) is 11.3 Å². The second-order valence-electron chi connectivity index (χ2n) is 6.73. The van der Waals surface area contributed by atoms with Crippen LogP contribution in [0.25, 0.3) is 6.08 Å². The average molecular weight is 335 g/mol. The standard InChI is InChI=1S/C21H21NO3/c1-21(2,3)17-10-8-14(9-11-17)19(24)16(13-22)12-15-6-5-7-18(23)20(15)25-4/h5-12,23H,1-4H3/b16-12+.